The van der Waals surface area contributed by atoms with Crippen molar-refractivity contribution in [3.63, 3.8) is 0 Å². The number of nitrogens with zero attached hydrogens (tertiary/aromatic N) is 2. The molecule has 7 heteroatoms. The number of anilines is 1. The Morgan fingerprint density at radius 3 is 2.38 bits per heavy atom. The molecular weight excluding hydrogens is 428 g/mol. The lowest BCUT2D eigenvalue weighted by molar-refractivity contribution is -0.131. The number of hydrazone groups is 1. The molecule has 0 aliphatic carbocycles. The van der Waals surface area contributed by atoms with Crippen molar-refractivity contribution in [3.05, 3.63) is 89.4 Å². The molecule has 0 saturated heterocycles. The summed E-state index contributed by atoms with van der Waals surface area (Å²) in [5, 5.41) is 12.2. The van der Waals surface area contributed by atoms with E-state index in [9.17, 15) is 9.59 Å². The molecule has 2 aromatic carbocycles. The molecule has 34 heavy (non-hydrogen) atoms. The van der Waals surface area contributed by atoms with Crippen LogP contribution in [0.4, 0.5) is 5.69 Å². The average Bonchev–Trinajstić information content (AvgIpc) is 3.47. The molecule has 4 rings (SSSR count). The smallest absolute Gasteiger partial charge is 0.262 e. The second-order valence-electron chi connectivity index (χ2n) is 9.52. The van der Waals surface area contributed by atoms with Crippen molar-refractivity contribution >= 4 is 23.2 Å². The Morgan fingerprint density at radius 1 is 1.06 bits per heavy atom. The van der Waals surface area contributed by atoms with Gasteiger partial charge in [-0.05, 0) is 69.7 Å². The van der Waals surface area contributed by atoms with Gasteiger partial charge >= 0.3 is 0 Å². The molecule has 2 N–H and O–H groups in total. The average molecular weight is 459 g/mol. The van der Waals surface area contributed by atoms with Gasteiger partial charge in [0.1, 0.15) is 11.8 Å². The molecule has 176 valence electrons. The van der Waals surface area contributed by atoms with Gasteiger partial charge in [-0.25, -0.2) is 5.01 Å². The largest absolute Gasteiger partial charge is 0.467 e. The Labute approximate surface area is 199 Å². The van der Waals surface area contributed by atoms with Crippen molar-refractivity contribution < 1.29 is 14.0 Å². The van der Waals surface area contributed by atoms with Crippen LogP contribution in [0.3, 0.4) is 0 Å². The summed E-state index contributed by atoms with van der Waals surface area (Å²) in [6.45, 7) is 7.92. The summed E-state index contributed by atoms with van der Waals surface area (Å²) in [6, 6.07) is 18.6. The van der Waals surface area contributed by atoms with E-state index >= 15 is 0 Å². The predicted molar refractivity (Wildman–Crippen MR) is 133 cm³/mol. The first-order valence-electron chi connectivity index (χ1n) is 11.4. The third-order valence-corrected chi connectivity index (χ3v) is 5.50. The summed E-state index contributed by atoms with van der Waals surface area (Å²) in [5.41, 5.74) is 4.02. The number of aryl methyl sites for hydroxylation is 1. The van der Waals surface area contributed by atoms with E-state index in [0.717, 1.165) is 17.0 Å². The van der Waals surface area contributed by atoms with Crippen LogP contribution in [0.15, 0.2) is 76.4 Å². The molecule has 1 aromatic heterocycles. The monoisotopic (exact) mass is 458 g/mol. The molecule has 3 aromatic rings. The van der Waals surface area contributed by atoms with E-state index in [1.165, 1.54) is 10.6 Å². The fourth-order valence-electron chi connectivity index (χ4n) is 3.77. The van der Waals surface area contributed by atoms with E-state index in [4.69, 9.17) is 4.42 Å². The Balaban J connectivity index is 1.45. The van der Waals surface area contributed by atoms with Crippen LogP contribution >= 0.6 is 0 Å². The van der Waals surface area contributed by atoms with Gasteiger partial charge < -0.3 is 15.1 Å². The molecule has 0 radical (unpaired) electrons. The second-order valence-corrected chi connectivity index (χ2v) is 9.52. The Bertz CT molecular complexity index is 1170. The summed E-state index contributed by atoms with van der Waals surface area (Å²) in [5.74, 6) is 0.401. The molecule has 0 saturated carbocycles. The highest BCUT2D eigenvalue weighted by Gasteiger charge is 2.34. The molecule has 2 heterocycles. The van der Waals surface area contributed by atoms with E-state index < -0.39 is 0 Å². The highest BCUT2D eigenvalue weighted by Crippen LogP contribution is 2.33. The number of nitrogens with one attached hydrogen (secondary N) is 2. The van der Waals surface area contributed by atoms with Gasteiger partial charge in [-0.3, -0.25) is 9.59 Å². The molecule has 1 aliphatic rings. The second kappa shape index (κ2) is 9.55. The van der Waals surface area contributed by atoms with Crippen LogP contribution in [0.1, 0.15) is 60.5 Å². The quantitative estimate of drug-likeness (QED) is 0.550. The van der Waals surface area contributed by atoms with Crippen LogP contribution in [0.2, 0.25) is 0 Å². The minimum Gasteiger partial charge on any atom is -0.467 e. The number of amides is 2. The van der Waals surface area contributed by atoms with Crippen LogP contribution in [0.5, 0.6) is 0 Å². The minimum absolute atomic E-state index is 0.0649. The lowest BCUT2D eigenvalue weighted by atomic mass is 10.0. The maximum atomic E-state index is 13.1. The first kappa shape index (κ1) is 23.3. The summed E-state index contributed by atoms with van der Waals surface area (Å²) >= 11 is 0. The standard InChI is InChI=1S/C27H30N4O3/c1-18-7-9-19(10-8-18)22-16-23(24-6-5-15-34-24)31(30-22)25(32)17-28-21-13-11-20(12-14-21)26(33)29-27(2,3)4/h5-15,23,28H,16-17H2,1-4H3,(H,29,33). The molecule has 7 nitrogen and oxygen atoms in total. The minimum atomic E-state index is -0.307. The van der Waals surface area contributed by atoms with Crippen LogP contribution in [-0.4, -0.2) is 34.6 Å². The zero-order chi connectivity index (χ0) is 24.3. The maximum Gasteiger partial charge on any atom is 0.262 e. The summed E-state index contributed by atoms with van der Waals surface area (Å²) in [4.78, 5) is 25.4. The molecule has 0 spiro atoms. The molecule has 1 atom stereocenters. The molecule has 1 unspecified atom stereocenters. The molecular formula is C27H30N4O3. The van der Waals surface area contributed by atoms with Crippen molar-refractivity contribution in [2.75, 3.05) is 11.9 Å². The zero-order valence-electron chi connectivity index (χ0n) is 20.0. The summed E-state index contributed by atoms with van der Waals surface area (Å²) in [6.07, 6.45) is 2.19. The van der Waals surface area contributed by atoms with Crippen LogP contribution in [0, 0.1) is 6.92 Å². The maximum absolute atomic E-state index is 13.1. The highest BCUT2D eigenvalue weighted by molar-refractivity contribution is 6.03. The van der Waals surface area contributed by atoms with Crippen molar-refractivity contribution in [1.82, 2.24) is 10.3 Å². The van der Waals surface area contributed by atoms with Gasteiger partial charge in [0.15, 0.2) is 0 Å². The van der Waals surface area contributed by atoms with Crippen molar-refractivity contribution in [2.24, 2.45) is 5.10 Å². The van der Waals surface area contributed by atoms with Crippen molar-refractivity contribution in [1.29, 1.82) is 0 Å². The lowest BCUT2D eigenvalue weighted by Crippen LogP contribution is -2.40. The van der Waals surface area contributed by atoms with Gasteiger partial charge in [-0.1, -0.05) is 29.8 Å². The number of rotatable bonds is 6. The topological polar surface area (TPSA) is 86.9 Å². The SMILES string of the molecule is Cc1ccc(C2=NN(C(=O)CNc3ccc(C(=O)NC(C)(C)C)cc3)C(c3ccco3)C2)cc1. The van der Waals surface area contributed by atoms with Gasteiger partial charge in [-0.15, -0.1) is 0 Å². The van der Waals surface area contributed by atoms with Gasteiger partial charge in [-0.2, -0.15) is 5.10 Å². The molecule has 0 fully saturated rings. The van der Waals surface area contributed by atoms with Crippen LogP contribution in [-0.2, 0) is 4.79 Å². The number of hydrogen-bond donors (Lipinski definition) is 2. The fraction of sp³-hybridized carbons (Fsp3) is 0.296. The number of carbonyl (C=O) groups is 2. The number of furan rings is 1. The molecule has 2 amide bonds. The van der Waals surface area contributed by atoms with Crippen LogP contribution in [0.25, 0.3) is 0 Å². The number of benzene rings is 2. The van der Waals surface area contributed by atoms with E-state index in [2.05, 4.69) is 15.7 Å². The Kier molecular flexibility index (Phi) is 6.54. The Morgan fingerprint density at radius 2 is 1.76 bits per heavy atom. The summed E-state index contributed by atoms with van der Waals surface area (Å²) in [7, 11) is 0. The zero-order valence-corrected chi connectivity index (χ0v) is 20.0. The Hall–Kier alpha value is -3.87. The van der Waals surface area contributed by atoms with Gasteiger partial charge in [0, 0.05) is 23.2 Å². The third-order valence-electron chi connectivity index (χ3n) is 5.50. The third kappa shape index (κ3) is 5.54. The van der Waals surface area contributed by atoms with E-state index in [1.54, 1.807) is 30.5 Å². The van der Waals surface area contributed by atoms with Gasteiger partial charge in [0.05, 0.1) is 18.5 Å². The van der Waals surface area contributed by atoms with E-state index in [0.29, 0.717) is 17.7 Å². The lowest BCUT2D eigenvalue weighted by Gasteiger charge is -2.21. The van der Waals surface area contributed by atoms with E-state index in [-0.39, 0.29) is 29.9 Å². The number of hydrogen-bond acceptors (Lipinski definition) is 5. The van der Waals surface area contributed by atoms with Gasteiger partial charge in [0.2, 0.25) is 0 Å². The van der Waals surface area contributed by atoms with Crippen molar-refractivity contribution in [2.45, 2.75) is 45.7 Å². The molecule has 1 aliphatic heterocycles. The highest BCUT2D eigenvalue weighted by atomic mass is 16.3. The number of carbonyl (C=O) groups excluding carboxylic acids is 2. The first-order valence-corrected chi connectivity index (χ1v) is 11.4. The summed E-state index contributed by atoms with van der Waals surface area (Å²) < 4.78 is 5.61. The fourth-order valence-corrected chi connectivity index (χ4v) is 3.77. The normalized spacial score (nSPS) is 15.7. The van der Waals surface area contributed by atoms with E-state index in [1.807, 2.05) is 64.1 Å². The van der Waals surface area contributed by atoms with Crippen LogP contribution < -0.4 is 10.6 Å². The predicted octanol–water partition coefficient (Wildman–Crippen LogP) is 4.91. The van der Waals surface area contributed by atoms with Crippen molar-refractivity contribution in [3.8, 4) is 0 Å². The molecule has 0 bridgehead atoms. The first-order chi connectivity index (χ1) is 16.2. The van der Waals surface area contributed by atoms with Gasteiger partial charge in [0.25, 0.3) is 11.8 Å².